The molecule has 1 aromatic heterocycles. The average molecular weight is 246 g/mol. The molecule has 0 radical (unpaired) electrons. The fraction of sp³-hybridized carbons (Fsp3) is 0.0833. The van der Waals surface area contributed by atoms with Crippen molar-refractivity contribution in [3.63, 3.8) is 0 Å². The van der Waals surface area contributed by atoms with Crippen molar-refractivity contribution < 1.29 is 8.78 Å². The molecule has 1 heterocycles. The molecule has 1 aromatic carbocycles. The van der Waals surface area contributed by atoms with Crippen LogP contribution in [0.2, 0.25) is 0 Å². The third kappa shape index (κ3) is 2.58. The Labute approximate surface area is 102 Å². The topological polar surface area (TPSA) is 61.6 Å². The Bertz CT molecular complexity index is 634. The molecule has 0 atom stereocenters. The largest absolute Gasteiger partial charge is 0.322 e. The quantitative estimate of drug-likeness (QED) is 0.884. The number of halogens is 2. The van der Waals surface area contributed by atoms with Gasteiger partial charge in [0.15, 0.2) is 0 Å². The van der Waals surface area contributed by atoms with E-state index < -0.39 is 11.6 Å². The van der Waals surface area contributed by atoms with Gasteiger partial charge in [0.2, 0.25) is 5.95 Å². The fourth-order valence-corrected chi connectivity index (χ4v) is 1.40. The van der Waals surface area contributed by atoms with Crippen molar-refractivity contribution >= 4 is 11.6 Å². The van der Waals surface area contributed by atoms with E-state index in [-0.39, 0.29) is 17.3 Å². The zero-order chi connectivity index (χ0) is 13.1. The van der Waals surface area contributed by atoms with Gasteiger partial charge in [-0.2, -0.15) is 5.26 Å². The first-order valence-electron chi connectivity index (χ1n) is 5.06. The minimum Gasteiger partial charge on any atom is -0.322 e. The Hall–Kier alpha value is -2.55. The van der Waals surface area contributed by atoms with Crippen LogP contribution in [0.1, 0.15) is 11.4 Å². The van der Waals surface area contributed by atoms with Gasteiger partial charge >= 0.3 is 0 Å². The highest BCUT2D eigenvalue weighted by Crippen LogP contribution is 2.19. The summed E-state index contributed by atoms with van der Waals surface area (Å²) in [6.07, 6.45) is 0. The molecule has 0 bridgehead atoms. The second-order valence-corrected chi connectivity index (χ2v) is 3.58. The van der Waals surface area contributed by atoms with Gasteiger partial charge in [-0.15, -0.1) is 0 Å². The van der Waals surface area contributed by atoms with Gasteiger partial charge in [0.05, 0.1) is 5.69 Å². The molecule has 0 aliphatic carbocycles. The maximum absolute atomic E-state index is 13.4. The number of hydrogen-bond acceptors (Lipinski definition) is 4. The molecule has 0 saturated carbocycles. The molecule has 90 valence electrons. The molecule has 6 heteroatoms. The van der Waals surface area contributed by atoms with E-state index in [0.29, 0.717) is 5.69 Å². The summed E-state index contributed by atoms with van der Waals surface area (Å²) < 4.78 is 26.4. The summed E-state index contributed by atoms with van der Waals surface area (Å²) >= 11 is 0. The van der Waals surface area contributed by atoms with Gasteiger partial charge in [-0.25, -0.2) is 18.7 Å². The zero-order valence-electron chi connectivity index (χ0n) is 9.41. The minimum absolute atomic E-state index is 0.0519. The molecule has 0 aliphatic rings. The predicted octanol–water partition coefficient (Wildman–Crippen LogP) is 2.68. The summed E-state index contributed by atoms with van der Waals surface area (Å²) in [5.74, 6) is -1.15. The van der Waals surface area contributed by atoms with Gasteiger partial charge in [-0.1, -0.05) is 0 Å². The summed E-state index contributed by atoms with van der Waals surface area (Å²) in [5.41, 5.74) is 0.632. The third-order valence-corrected chi connectivity index (χ3v) is 2.14. The second kappa shape index (κ2) is 4.75. The lowest BCUT2D eigenvalue weighted by Crippen LogP contribution is -2.02. The number of aromatic nitrogens is 2. The van der Waals surface area contributed by atoms with Crippen LogP contribution in [0, 0.1) is 29.9 Å². The van der Waals surface area contributed by atoms with Crippen molar-refractivity contribution in [2.45, 2.75) is 6.92 Å². The molecule has 4 nitrogen and oxygen atoms in total. The van der Waals surface area contributed by atoms with E-state index in [1.807, 2.05) is 6.07 Å². The van der Waals surface area contributed by atoms with Crippen LogP contribution >= 0.6 is 0 Å². The fourth-order valence-electron chi connectivity index (χ4n) is 1.40. The first-order chi connectivity index (χ1) is 8.58. The Morgan fingerprint density at radius 2 is 2.00 bits per heavy atom. The molecule has 2 aromatic rings. The summed E-state index contributed by atoms with van der Waals surface area (Å²) in [6, 6.07) is 6.36. The van der Waals surface area contributed by atoms with E-state index in [9.17, 15) is 8.78 Å². The van der Waals surface area contributed by atoms with Crippen LogP contribution in [0.15, 0.2) is 24.3 Å². The maximum Gasteiger partial charge on any atom is 0.228 e. The molecule has 0 saturated heterocycles. The maximum atomic E-state index is 13.4. The monoisotopic (exact) mass is 246 g/mol. The van der Waals surface area contributed by atoms with Crippen LogP contribution < -0.4 is 5.32 Å². The summed E-state index contributed by atoms with van der Waals surface area (Å²) in [5, 5.41) is 11.3. The molecule has 0 aliphatic heterocycles. The van der Waals surface area contributed by atoms with Crippen LogP contribution in [0.3, 0.4) is 0 Å². The van der Waals surface area contributed by atoms with Crippen molar-refractivity contribution in [2.24, 2.45) is 0 Å². The van der Waals surface area contributed by atoms with Gasteiger partial charge in [0.1, 0.15) is 23.4 Å². The van der Waals surface area contributed by atoms with Gasteiger partial charge in [0.25, 0.3) is 0 Å². The van der Waals surface area contributed by atoms with E-state index in [1.54, 1.807) is 6.92 Å². The van der Waals surface area contributed by atoms with Crippen molar-refractivity contribution in [1.82, 2.24) is 9.97 Å². The van der Waals surface area contributed by atoms with E-state index in [1.165, 1.54) is 6.07 Å². The van der Waals surface area contributed by atoms with Crippen LogP contribution in [-0.2, 0) is 0 Å². The van der Waals surface area contributed by atoms with Crippen LogP contribution in [0.4, 0.5) is 20.4 Å². The smallest absolute Gasteiger partial charge is 0.228 e. The van der Waals surface area contributed by atoms with Crippen LogP contribution in [0.25, 0.3) is 0 Å². The lowest BCUT2D eigenvalue weighted by atomic mass is 10.3. The van der Waals surface area contributed by atoms with Gasteiger partial charge < -0.3 is 5.32 Å². The SMILES string of the molecule is Cc1cc(C#N)nc(Nc2cc(F)ccc2F)n1. The molecular formula is C12H8F2N4. The number of hydrogen-bond donors (Lipinski definition) is 1. The van der Waals surface area contributed by atoms with Crippen LogP contribution in [-0.4, -0.2) is 9.97 Å². The van der Waals surface area contributed by atoms with Gasteiger partial charge in [0, 0.05) is 11.8 Å². The minimum atomic E-state index is -0.625. The predicted molar refractivity (Wildman–Crippen MR) is 61.1 cm³/mol. The molecular weight excluding hydrogens is 238 g/mol. The molecule has 0 amide bonds. The summed E-state index contributed by atoms with van der Waals surface area (Å²) in [4.78, 5) is 7.83. The molecule has 0 fully saturated rings. The number of nitriles is 1. The van der Waals surface area contributed by atoms with E-state index >= 15 is 0 Å². The standard InChI is InChI=1S/C12H8F2N4/c1-7-4-9(6-15)17-12(16-7)18-11-5-8(13)2-3-10(11)14/h2-5H,1H3,(H,16,17,18). The highest BCUT2D eigenvalue weighted by atomic mass is 19.1. The van der Waals surface area contributed by atoms with Crippen molar-refractivity contribution in [1.29, 1.82) is 5.26 Å². The Balaban J connectivity index is 2.37. The second-order valence-electron chi connectivity index (χ2n) is 3.58. The van der Waals surface area contributed by atoms with Crippen LogP contribution in [0.5, 0.6) is 0 Å². The number of aryl methyl sites for hydroxylation is 1. The lowest BCUT2D eigenvalue weighted by Gasteiger charge is -2.06. The molecule has 0 spiro atoms. The molecule has 2 rings (SSSR count). The van der Waals surface area contributed by atoms with E-state index in [4.69, 9.17) is 5.26 Å². The first kappa shape index (κ1) is 11.9. The molecule has 18 heavy (non-hydrogen) atoms. The lowest BCUT2D eigenvalue weighted by molar-refractivity contribution is 0.603. The van der Waals surface area contributed by atoms with Gasteiger partial charge in [-0.3, -0.25) is 0 Å². The Morgan fingerprint density at radius 3 is 2.72 bits per heavy atom. The van der Waals surface area contributed by atoms with E-state index in [0.717, 1.165) is 18.2 Å². The summed E-state index contributed by atoms with van der Waals surface area (Å²) in [6.45, 7) is 1.68. The summed E-state index contributed by atoms with van der Waals surface area (Å²) in [7, 11) is 0. The number of nitrogens with zero attached hydrogens (tertiary/aromatic N) is 3. The van der Waals surface area contributed by atoms with Crippen molar-refractivity contribution in [2.75, 3.05) is 5.32 Å². The highest BCUT2D eigenvalue weighted by molar-refractivity contribution is 5.54. The number of rotatable bonds is 2. The van der Waals surface area contributed by atoms with E-state index in [2.05, 4.69) is 15.3 Å². The normalized spacial score (nSPS) is 9.89. The number of anilines is 2. The highest BCUT2D eigenvalue weighted by Gasteiger charge is 2.07. The molecule has 0 unspecified atom stereocenters. The Morgan fingerprint density at radius 1 is 1.22 bits per heavy atom. The first-order valence-corrected chi connectivity index (χ1v) is 5.06. The third-order valence-electron chi connectivity index (χ3n) is 2.14. The van der Waals surface area contributed by atoms with Crippen molar-refractivity contribution in [3.05, 3.63) is 47.3 Å². The van der Waals surface area contributed by atoms with Gasteiger partial charge in [-0.05, 0) is 25.1 Å². The number of benzene rings is 1. The molecule has 1 N–H and O–H groups in total. The Kier molecular flexibility index (Phi) is 3.15. The van der Waals surface area contributed by atoms with Crippen molar-refractivity contribution in [3.8, 4) is 6.07 Å². The average Bonchev–Trinajstić information content (AvgIpc) is 2.33. The number of nitrogens with one attached hydrogen (secondary N) is 1. The zero-order valence-corrected chi connectivity index (χ0v) is 9.41.